The van der Waals surface area contributed by atoms with Crippen LogP contribution in [0.15, 0.2) is 60.2 Å². The van der Waals surface area contributed by atoms with Crippen molar-refractivity contribution in [2.75, 3.05) is 19.8 Å². The first-order chi connectivity index (χ1) is 14.7. The quantitative estimate of drug-likeness (QED) is 0.344. The molecule has 0 saturated heterocycles. The third kappa shape index (κ3) is 6.07. The molecule has 0 aliphatic rings. The topological polar surface area (TPSA) is 70.8 Å². The predicted molar refractivity (Wildman–Crippen MR) is 117 cm³/mol. The maximum Gasteiger partial charge on any atom is 0.161 e. The SMILES string of the molecule is CCOc1cc(/C=N/n2cnnc2)ccc1OCCOc1ccc(C(C)CC)cc1. The number of rotatable bonds is 11. The van der Waals surface area contributed by atoms with Crippen molar-refractivity contribution >= 4 is 6.21 Å². The van der Waals surface area contributed by atoms with Gasteiger partial charge in [-0.15, -0.1) is 10.2 Å². The van der Waals surface area contributed by atoms with Crippen LogP contribution < -0.4 is 14.2 Å². The summed E-state index contributed by atoms with van der Waals surface area (Å²) in [7, 11) is 0. The van der Waals surface area contributed by atoms with Crippen molar-refractivity contribution in [1.82, 2.24) is 14.9 Å². The third-order valence-electron chi connectivity index (χ3n) is 4.69. The summed E-state index contributed by atoms with van der Waals surface area (Å²) >= 11 is 0. The fourth-order valence-corrected chi connectivity index (χ4v) is 2.82. The fraction of sp³-hybridized carbons (Fsp3) is 0.348. The molecule has 3 aromatic rings. The second-order valence-corrected chi connectivity index (χ2v) is 6.80. The molecular formula is C23H28N4O3. The van der Waals surface area contributed by atoms with Gasteiger partial charge in [0.1, 0.15) is 31.6 Å². The molecule has 7 nitrogen and oxygen atoms in total. The molecule has 0 bridgehead atoms. The molecule has 7 heteroatoms. The molecule has 0 radical (unpaired) electrons. The van der Waals surface area contributed by atoms with Crippen LogP contribution in [-0.2, 0) is 0 Å². The largest absolute Gasteiger partial charge is 0.490 e. The Labute approximate surface area is 177 Å². The van der Waals surface area contributed by atoms with Gasteiger partial charge in [0.2, 0.25) is 0 Å². The molecule has 0 aliphatic heterocycles. The Morgan fingerprint density at radius 3 is 2.37 bits per heavy atom. The van der Waals surface area contributed by atoms with E-state index in [-0.39, 0.29) is 0 Å². The Bertz CT molecular complexity index is 924. The van der Waals surface area contributed by atoms with Crippen LogP contribution in [0.25, 0.3) is 0 Å². The van der Waals surface area contributed by atoms with Crippen LogP contribution in [0, 0.1) is 0 Å². The first-order valence-electron chi connectivity index (χ1n) is 10.2. The van der Waals surface area contributed by atoms with Crippen molar-refractivity contribution < 1.29 is 14.2 Å². The van der Waals surface area contributed by atoms with E-state index in [4.69, 9.17) is 14.2 Å². The molecule has 0 aliphatic carbocycles. The lowest BCUT2D eigenvalue weighted by Gasteiger charge is -2.14. The highest BCUT2D eigenvalue weighted by Crippen LogP contribution is 2.28. The summed E-state index contributed by atoms with van der Waals surface area (Å²) in [6.45, 7) is 7.77. The van der Waals surface area contributed by atoms with E-state index in [1.165, 1.54) is 22.9 Å². The minimum atomic E-state index is 0.418. The van der Waals surface area contributed by atoms with Crippen molar-refractivity contribution in [3.05, 3.63) is 66.2 Å². The Morgan fingerprint density at radius 1 is 0.933 bits per heavy atom. The lowest BCUT2D eigenvalue weighted by Crippen LogP contribution is -2.10. The molecule has 0 spiro atoms. The van der Waals surface area contributed by atoms with Gasteiger partial charge in [0, 0.05) is 0 Å². The second kappa shape index (κ2) is 11.0. The Hall–Kier alpha value is -3.35. The van der Waals surface area contributed by atoms with E-state index in [9.17, 15) is 0 Å². The Balaban J connectivity index is 1.54. The Kier molecular flexibility index (Phi) is 7.83. The van der Waals surface area contributed by atoms with Gasteiger partial charge in [-0.3, -0.25) is 0 Å². The maximum atomic E-state index is 5.88. The molecule has 0 amide bonds. The van der Waals surface area contributed by atoms with E-state index in [1.807, 2.05) is 37.3 Å². The average Bonchev–Trinajstić information content (AvgIpc) is 3.30. The molecule has 1 unspecified atom stereocenters. The van der Waals surface area contributed by atoms with E-state index in [2.05, 4.69) is 41.3 Å². The summed E-state index contributed by atoms with van der Waals surface area (Å²) < 4.78 is 18.9. The van der Waals surface area contributed by atoms with E-state index in [0.717, 1.165) is 17.7 Å². The molecule has 0 N–H and O–H groups in total. The van der Waals surface area contributed by atoms with Crippen LogP contribution in [0.4, 0.5) is 0 Å². The van der Waals surface area contributed by atoms with Gasteiger partial charge in [0.05, 0.1) is 12.8 Å². The molecule has 1 heterocycles. The van der Waals surface area contributed by atoms with Gasteiger partial charge in [0.15, 0.2) is 11.5 Å². The summed E-state index contributed by atoms with van der Waals surface area (Å²) in [5.74, 6) is 2.75. The molecule has 30 heavy (non-hydrogen) atoms. The first-order valence-corrected chi connectivity index (χ1v) is 10.2. The Morgan fingerprint density at radius 2 is 1.67 bits per heavy atom. The van der Waals surface area contributed by atoms with Crippen molar-refractivity contribution in [2.24, 2.45) is 5.10 Å². The normalized spacial score (nSPS) is 12.1. The molecule has 1 aromatic heterocycles. The molecule has 2 aromatic carbocycles. The second-order valence-electron chi connectivity index (χ2n) is 6.80. The van der Waals surface area contributed by atoms with Crippen LogP contribution >= 0.6 is 0 Å². The number of hydrogen-bond acceptors (Lipinski definition) is 6. The molecule has 3 rings (SSSR count). The predicted octanol–water partition coefficient (Wildman–Crippen LogP) is 4.53. The molecule has 158 valence electrons. The molecule has 1 atom stereocenters. The first kappa shape index (κ1) is 21.4. The highest BCUT2D eigenvalue weighted by atomic mass is 16.5. The summed E-state index contributed by atoms with van der Waals surface area (Å²) in [4.78, 5) is 0. The van der Waals surface area contributed by atoms with Gasteiger partial charge in [-0.2, -0.15) is 5.10 Å². The van der Waals surface area contributed by atoms with Gasteiger partial charge in [-0.05, 0) is 60.7 Å². The highest BCUT2D eigenvalue weighted by molar-refractivity contribution is 5.80. The summed E-state index contributed by atoms with van der Waals surface area (Å²) in [6.07, 6.45) is 5.88. The molecule has 0 saturated carbocycles. The van der Waals surface area contributed by atoms with Gasteiger partial charge >= 0.3 is 0 Å². The van der Waals surface area contributed by atoms with Crippen molar-refractivity contribution in [3.63, 3.8) is 0 Å². The number of nitrogens with zero attached hydrogens (tertiary/aromatic N) is 4. The number of benzene rings is 2. The minimum Gasteiger partial charge on any atom is -0.490 e. The van der Waals surface area contributed by atoms with Crippen molar-refractivity contribution in [1.29, 1.82) is 0 Å². The monoisotopic (exact) mass is 408 g/mol. The van der Waals surface area contributed by atoms with E-state index in [0.29, 0.717) is 37.2 Å². The third-order valence-corrected chi connectivity index (χ3v) is 4.69. The van der Waals surface area contributed by atoms with Crippen LogP contribution in [0.2, 0.25) is 0 Å². The summed E-state index contributed by atoms with van der Waals surface area (Å²) in [5.41, 5.74) is 2.22. The standard InChI is InChI=1S/C23H28N4O3/c1-4-18(3)20-7-9-21(10-8-20)29-12-13-30-22-11-6-19(14-23(22)28-5-2)15-26-27-16-24-25-17-27/h6-11,14-18H,4-5,12-13H2,1-3H3/b26-15+. The van der Waals surface area contributed by atoms with Crippen molar-refractivity contribution in [2.45, 2.75) is 33.1 Å². The zero-order valence-electron chi connectivity index (χ0n) is 17.7. The van der Waals surface area contributed by atoms with Crippen LogP contribution in [0.5, 0.6) is 17.2 Å². The minimum absolute atomic E-state index is 0.418. The summed E-state index contributed by atoms with van der Waals surface area (Å²) in [5, 5.41) is 11.7. The fourth-order valence-electron chi connectivity index (χ4n) is 2.82. The average molecular weight is 409 g/mol. The number of ether oxygens (including phenoxy) is 3. The number of aromatic nitrogens is 3. The van der Waals surface area contributed by atoms with E-state index >= 15 is 0 Å². The van der Waals surface area contributed by atoms with Crippen LogP contribution in [0.3, 0.4) is 0 Å². The molecular weight excluding hydrogens is 380 g/mol. The number of hydrogen-bond donors (Lipinski definition) is 0. The zero-order chi connectivity index (χ0) is 21.2. The van der Waals surface area contributed by atoms with Crippen LogP contribution in [0.1, 0.15) is 44.2 Å². The van der Waals surface area contributed by atoms with E-state index < -0.39 is 0 Å². The van der Waals surface area contributed by atoms with Gasteiger partial charge in [0.25, 0.3) is 0 Å². The highest BCUT2D eigenvalue weighted by Gasteiger charge is 2.07. The van der Waals surface area contributed by atoms with Gasteiger partial charge in [-0.1, -0.05) is 26.0 Å². The lowest BCUT2D eigenvalue weighted by molar-refractivity contribution is 0.208. The van der Waals surface area contributed by atoms with Crippen LogP contribution in [-0.4, -0.2) is 40.9 Å². The van der Waals surface area contributed by atoms with Gasteiger partial charge < -0.3 is 14.2 Å². The van der Waals surface area contributed by atoms with Gasteiger partial charge in [-0.25, -0.2) is 4.68 Å². The smallest absolute Gasteiger partial charge is 0.161 e. The van der Waals surface area contributed by atoms with Crippen molar-refractivity contribution in [3.8, 4) is 17.2 Å². The molecule has 0 fully saturated rings. The maximum absolute atomic E-state index is 5.88. The van der Waals surface area contributed by atoms with E-state index in [1.54, 1.807) is 6.21 Å². The zero-order valence-corrected chi connectivity index (χ0v) is 17.7. The summed E-state index contributed by atoms with van der Waals surface area (Å²) in [6, 6.07) is 13.9. The lowest BCUT2D eigenvalue weighted by atomic mass is 9.99.